The molecule has 2 heteroatoms. The van der Waals surface area contributed by atoms with E-state index in [1.807, 2.05) is 6.26 Å². The lowest BCUT2D eigenvalue weighted by molar-refractivity contribution is 0.474. The lowest BCUT2D eigenvalue weighted by atomic mass is 9.93. The second kappa shape index (κ2) is 7.15. The Bertz CT molecular complexity index is 459. The third-order valence-electron chi connectivity index (χ3n) is 3.43. The Morgan fingerprint density at radius 3 is 2.42 bits per heavy atom. The highest BCUT2D eigenvalue weighted by atomic mass is 16.3. The Kier molecular flexibility index (Phi) is 5.22. The lowest BCUT2D eigenvalue weighted by Crippen LogP contribution is -2.25. The van der Waals surface area contributed by atoms with Crippen LogP contribution in [0.25, 0.3) is 0 Å². The molecule has 0 aliphatic heterocycles. The minimum Gasteiger partial charge on any atom is -0.472 e. The van der Waals surface area contributed by atoms with Crippen LogP contribution in [0, 0.1) is 12.8 Å². The average molecular weight is 257 g/mol. The van der Waals surface area contributed by atoms with Crippen molar-refractivity contribution in [2.24, 2.45) is 5.92 Å². The number of nitrogens with one attached hydrogen (secondary N) is 1. The SMILES string of the molecule is CCNCC(Cc1ccc(C)cc1)Cc1ccoc1. The summed E-state index contributed by atoms with van der Waals surface area (Å²) < 4.78 is 5.17. The van der Waals surface area contributed by atoms with Gasteiger partial charge in [0.2, 0.25) is 0 Å². The van der Waals surface area contributed by atoms with Gasteiger partial charge in [0.25, 0.3) is 0 Å². The fourth-order valence-electron chi connectivity index (χ4n) is 2.36. The van der Waals surface area contributed by atoms with Crippen LogP contribution < -0.4 is 5.32 Å². The first-order chi connectivity index (χ1) is 9.28. The van der Waals surface area contributed by atoms with E-state index in [1.165, 1.54) is 16.7 Å². The molecule has 1 aromatic carbocycles. The van der Waals surface area contributed by atoms with Gasteiger partial charge in [-0.05, 0) is 56.0 Å². The molecule has 102 valence electrons. The summed E-state index contributed by atoms with van der Waals surface area (Å²) in [5.74, 6) is 0.611. The van der Waals surface area contributed by atoms with Gasteiger partial charge in [-0.15, -0.1) is 0 Å². The first-order valence-corrected chi connectivity index (χ1v) is 7.05. The molecule has 0 bridgehead atoms. The van der Waals surface area contributed by atoms with E-state index in [1.54, 1.807) is 6.26 Å². The second-order valence-corrected chi connectivity index (χ2v) is 5.20. The molecule has 1 aromatic heterocycles. The first-order valence-electron chi connectivity index (χ1n) is 7.05. The van der Waals surface area contributed by atoms with Gasteiger partial charge in [-0.1, -0.05) is 36.8 Å². The van der Waals surface area contributed by atoms with Gasteiger partial charge in [0.15, 0.2) is 0 Å². The van der Waals surface area contributed by atoms with Crippen LogP contribution in [0.2, 0.25) is 0 Å². The minimum atomic E-state index is 0.611. The van der Waals surface area contributed by atoms with Crippen LogP contribution in [0.3, 0.4) is 0 Å². The van der Waals surface area contributed by atoms with E-state index in [2.05, 4.69) is 49.5 Å². The molecular weight excluding hydrogens is 234 g/mol. The van der Waals surface area contributed by atoms with Gasteiger partial charge in [-0.3, -0.25) is 0 Å². The van der Waals surface area contributed by atoms with E-state index in [0.717, 1.165) is 25.9 Å². The second-order valence-electron chi connectivity index (χ2n) is 5.20. The third kappa shape index (κ3) is 4.56. The van der Waals surface area contributed by atoms with Gasteiger partial charge in [0.1, 0.15) is 0 Å². The standard InChI is InChI=1S/C17H23NO/c1-3-18-12-17(11-16-8-9-19-13-16)10-15-6-4-14(2)5-7-15/h4-9,13,17-18H,3,10-12H2,1-2H3. The zero-order valence-corrected chi connectivity index (χ0v) is 11.9. The molecule has 0 radical (unpaired) electrons. The van der Waals surface area contributed by atoms with Crippen LogP contribution in [0.15, 0.2) is 47.3 Å². The molecule has 0 fully saturated rings. The van der Waals surface area contributed by atoms with E-state index in [-0.39, 0.29) is 0 Å². The summed E-state index contributed by atoms with van der Waals surface area (Å²) in [7, 11) is 0. The Balaban J connectivity index is 1.98. The zero-order valence-electron chi connectivity index (χ0n) is 11.9. The Morgan fingerprint density at radius 2 is 1.79 bits per heavy atom. The number of aryl methyl sites for hydroxylation is 1. The lowest BCUT2D eigenvalue weighted by Gasteiger charge is -2.17. The minimum absolute atomic E-state index is 0.611. The predicted molar refractivity (Wildman–Crippen MR) is 79.3 cm³/mol. The van der Waals surface area contributed by atoms with Gasteiger partial charge in [0, 0.05) is 0 Å². The number of benzene rings is 1. The third-order valence-corrected chi connectivity index (χ3v) is 3.43. The van der Waals surface area contributed by atoms with Crippen molar-refractivity contribution in [2.45, 2.75) is 26.7 Å². The molecule has 1 heterocycles. The molecule has 0 saturated heterocycles. The van der Waals surface area contributed by atoms with Crippen molar-refractivity contribution in [3.8, 4) is 0 Å². The molecule has 2 rings (SSSR count). The highest BCUT2D eigenvalue weighted by Gasteiger charge is 2.11. The maximum Gasteiger partial charge on any atom is 0.0934 e. The maximum absolute atomic E-state index is 5.17. The molecule has 1 unspecified atom stereocenters. The maximum atomic E-state index is 5.17. The summed E-state index contributed by atoms with van der Waals surface area (Å²) in [6, 6.07) is 10.9. The molecular formula is C17H23NO. The molecule has 1 atom stereocenters. The summed E-state index contributed by atoms with van der Waals surface area (Å²) in [4.78, 5) is 0. The molecule has 0 saturated carbocycles. The Morgan fingerprint density at radius 1 is 1.05 bits per heavy atom. The summed E-state index contributed by atoms with van der Waals surface area (Å²) >= 11 is 0. The zero-order chi connectivity index (χ0) is 13.5. The van der Waals surface area contributed by atoms with Crippen LogP contribution in [0.1, 0.15) is 23.6 Å². The van der Waals surface area contributed by atoms with E-state index < -0.39 is 0 Å². The van der Waals surface area contributed by atoms with Crippen molar-refractivity contribution in [1.82, 2.24) is 5.32 Å². The van der Waals surface area contributed by atoms with E-state index in [4.69, 9.17) is 4.42 Å². The van der Waals surface area contributed by atoms with Gasteiger partial charge in [-0.25, -0.2) is 0 Å². The van der Waals surface area contributed by atoms with Crippen LogP contribution >= 0.6 is 0 Å². The number of hydrogen-bond acceptors (Lipinski definition) is 2. The molecule has 2 aromatic rings. The van der Waals surface area contributed by atoms with Crippen LogP contribution in [0.5, 0.6) is 0 Å². The molecule has 0 aliphatic carbocycles. The van der Waals surface area contributed by atoms with Crippen molar-refractivity contribution in [3.63, 3.8) is 0 Å². The number of rotatable bonds is 7. The quantitative estimate of drug-likeness (QED) is 0.820. The van der Waals surface area contributed by atoms with Crippen molar-refractivity contribution in [3.05, 3.63) is 59.5 Å². The molecule has 19 heavy (non-hydrogen) atoms. The normalized spacial score (nSPS) is 12.5. The topological polar surface area (TPSA) is 25.2 Å². The molecule has 0 amide bonds. The van der Waals surface area contributed by atoms with Crippen molar-refractivity contribution in [2.75, 3.05) is 13.1 Å². The summed E-state index contributed by atoms with van der Waals surface area (Å²) in [6.07, 6.45) is 5.79. The monoisotopic (exact) mass is 257 g/mol. The average Bonchev–Trinajstić information content (AvgIpc) is 2.91. The van der Waals surface area contributed by atoms with Gasteiger partial charge < -0.3 is 9.73 Å². The highest BCUT2D eigenvalue weighted by molar-refractivity contribution is 5.22. The summed E-state index contributed by atoms with van der Waals surface area (Å²) in [6.45, 7) is 6.36. The number of furan rings is 1. The Labute approximate surface area is 115 Å². The first kappa shape index (κ1) is 13.9. The summed E-state index contributed by atoms with van der Waals surface area (Å²) in [5, 5.41) is 3.46. The largest absolute Gasteiger partial charge is 0.472 e. The highest BCUT2D eigenvalue weighted by Crippen LogP contribution is 2.15. The van der Waals surface area contributed by atoms with E-state index in [0.29, 0.717) is 5.92 Å². The van der Waals surface area contributed by atoms with Crippen LogP contribution in [-0.4, -0.2) is 13.1 Å². The van der Waals surface area contributed by atoms with Crippen molar-refractivity contribution < 1.29 is 4.42 Å². The van der Waals surface area contributed by atoms with E-state index in [9.17, 15) is 0 Å². The van der Waals surface area contributed by atoms with Crippen molar-refractivity contribution in [1.29, 1.82) is 0 Å². The molecule has 1 N–H and O–H groups in total. The molecule has 0 aliphatic rings. The number of hydrogen-bond donors (Lipinski definition) is 1. The fraction of sp³-hybridized carbons (Fsp3) is 0.412. The smallest absolute Gasteiger partial charge is 0.0934 e. The molecule has 2 nitrogen and oxygen atoms in total. The predicted octanol–water partition coefficient (Wildman–Crippen LogP) is 3.60. The van der Waals surface area contributed by atoms with Crippen molar-refractivity contribution >= 4 is 0 Å². The molecule has 0 spiro atoms. The van der Waals surface area contributed by atoms with Gasteiger partial charge in [-0.2, -0.15) is 0 Å². The van der Waals surface area contributed by atoms with E-state index >= 15 is 0 Å². The van der Waals surface area contributed by atoms with Crippen LogP contribution in [0.4, 0.5) is 0 Å². The van der Waals surface area contributed by atoms with Gasteiger partial charge >= 0.3 is 0 Å². The summed E-state index contributed by atoms with van der Waals surface area (Å²) in [5.41, 5.74) is 4.02. The van der Waals surface area contributed by atoms with Gasteiger partial charge in [0.05, 0.1) is 12.5 Å². The van der Waals surface area contributed by atoms with Crippen LogP contribution in [-0.2, 0) is 12.8 Å². The fourth-order valence-corrected chi connectivity index (χ4v) is 2.36. The Hall–Kier alpha value is -1.54.